The molecule has 1 aromatic heterocycles. The Hall–Kier alpha value is -2.07. The molecule has 1 N–H and O–H groups in total. The van der Waals surface area contributed by atoms with E-state index in [2.05, 4.69) is 0 Å². The fourth-order valence-corrected chi connectivity index (χ4v) is 1.79. The maximum absolute atomic E-state index is 10.9. The lowest BCUT2D eigenvalue weighted by Crippen LogP contribution is -2.13. The van der Waals surface area contributed by atoms with Gasteiger partial charge in [0.05, 0.1) is 0 Å². The Morgan fingerprint density at radius 1 is 1.22 bits per heavy atom. The number of aryl methyl sites for hydroxylation is 1. The van der Waals surface area contributed by atoms with Gasteiger partial charge in [-0.05, 0) is 24.6 Å². The Balaban J connectivity index is 2.27. The van der Waals surface area contributed by atoms with E-state index in [-0.39, 0.29) is 0 Å². The van der Waals surface area contributed by atoms with Gasteiger partial charge in [-0.15, -0.1) is 0 Å². The van der Waals surface area contributed by atoms with Crippen molar-refractivity contribution in [1.82, 2.24) is 0 Å². The Morgan fingerprint density at radius 3 is 2.33 bits per heavy atom. The first-order chi connectivity index (χ1) is 8.61. The monoisotopic (exact) mass is 246 g/mol. The maximum Gasteiger partial charge on any atom is 0.337 e. The predicted molar refractivity (Wildman–Crippen MR) is 66.3 cm³/mol. The zero-order valence-corrected chi connectivity index (χ0v) is 10.2. The molecule has 18 heavy (non-hydrogen) atoms. The van der Waals surface area contributed by atoms with Gasteiger partial charge in [0.15, 0.2) is 6.10 Å². The van der Waals surface area contributed by atoms with Crippen LogP contribution in [0.15, 0.2) is 40.8 Å². The van der Waals surface area contributed by atoms with Gasteiger partial charge >= 0.3 is 5.97 Å². The van der Waals surface area contributed by atoms with E-state index in [0.717, 1.165) is 17.1 Å². The molecule has 0 spiro atoms. The molecule has 0 radical (unpaired) electrons. The van der Waals surface area contributed by atoms with Gasteiger partial charge < -0.3 is 14.3 Å². The second kappa shape index (κ2) is 5.06. The highest BCUT2D eigenvalue weighted by Crippen LogP contribution is 2.24. The van der Waals surface area contributed by atoms with Crippen LogP contribution < -0.4 is 0 Å². The summed E-state index contributed by atoms with van der Waals surface area (Å²) in [7, 11) is 1.38. The molecule has 4 nitrogen and oxygen atoms in total. The van der Waals surface area contributed by atoms with Crippen molar-refractivity contribution in [1.29, 1.82) is 0 Å². The zero-order chi connectivity index (χ0) is 13.1. The van der Waals surface area contributed by atoms with Gasteiger partial charge in [0, 0.05) is 12.7 Å². The second-order valence-electron chi connectivity index (χ2n) is 3.99. The number of carboxylic acids is 1. The number of rotatable bonds is 4. The summed E-state index contributed by atoms with van der Waals surface area (Å²) in [5.74, 6) is 0.608. The van der Waals surface area contributed by atoms with Gasteiger partial charge in [-0.25, -0.2) is 4.79 Å². The van der Waals surface area contributed by atoms with Crippen LogP contribution in [0.5, 0.6) is 0 Å². The minimum atomic E-state index is -1.00. The highest BCUT2D eigenvalue weighted by molar-refractivity contribution is 5.74. The summed E-state index contributed by atoms with van der Waals surface area (Å²) in [4.78, 5) is 10.9. The van der Waals surface area contributed by atoms with Gasteiger partial charge in [-0.2, -0.15) is 0 Å². The van der Waals surface area contributed by atoms with Crippen LogP contribution in [0.2, 0.25) is 0 Å². The van der Waals surface area contributed by atoms with Gasteiger partial charge in [-0.1, -0.05) is 24.3 Å². The van der Waals surface area contributed by atoms with Crippen molar-refractivity contribution in [3.63, 3.8) is 0 Å². The van der Waals surface area contributed by atoms with Crippen molar-refractivity contribution in [3.05, 3.63) is 47.7 Å². The maximum atomic E-state index is 10.9. The van der Waals surface area contributed by atoms with Gasteiger partial charge in [0.25, 0.3) is 0 Å². The lowest BCUT2D eigenvalue weighted by atomic mass is 10.1. The third-order valence-corrected chi connectivity index (χ3v) is 2.70. The number of benzene rings is 1. The number of aliphatic carboxylic acids is 1. The molecule has 1 atom stereocenters. The molecule has 0 saturated carbocycles. The Morgan fingerprint density at radius 2 is 1.89 bits per heavy atom. The largest absolute Gasteiger partial charge is 0.479 e. The summed E-state index contributed by atoms with van der Waals surface area (Å²) in [6.07, 6.45) is -0.933. The third-order valence-electron chi connectivity index (χ3n) is 2.70. The molecule has 0 saturated heterocycles. The van der Waals surface area contributed by atoms with E-state index in [1.54, 1.807) is 12.1 Å². The van der Waals surface area contributed by atoms with Crippen LogP contribution in [0, 0.1) is 6.92 Å². The number of furan rings is 1. The summed E-state index contributed by atoms with van der Waals surface area (Å²) in [6, 6.07) is 10.9. The highest BCUT2D eigenvalue weighted by atomic mass is 16.5. The van der Waals surface area contributed by atoms with Crippen molar-refractivity contribution in [2.24, 2.45) is 0 Å². The number of methoxy groups -OCH3 is 1. The zero-order valence-electron chi connectivity index (χ0n) is 10.2. The summed E-state index contributed by atoms with van der Waals surface area (Å²) >= 11 is 0. The topological polar surface area (TPSA) is 59.7 Å². The van der Waals surface area contributed by atoms with Crippen molar-refractivity contribution in [2.75, 3.05) is 7.11 Å². The van der Waals surface area contributed by atoms with Crippen LogP contribution in [0.1, 0.15) is 17.4 Å². The van der Waals surface area contributed by atoms with Crippen molar-refractivity contribution < 1.29 is 19.1 Å². The van der Waals surface area contributed by atoms with E-state index in [4.69, 9.17) is 14.3 Å². The SMILES string of the molecule is COC(C(=O)O)c1ccc(-c2ccc(C)o2)cc1. The minimum Gasteiger partial charge on any atom is -0.479 e. The van der Waals surface area contributed by atoms with Crippen LogP contribution in [0.3, 0.4) is 0 Å². The van der Waals surface area contributed by atoms with E-state index < -0.39 is 12.1 Å². The molecule has 94 valence electrons. The number of carboxylic acid groups (broad SMARTS) is 1. The van der Waals surface area contributed by atoms with Crippen molar-refractivity contribution in [3.8, 4) is 11.3 Å². The molecular formula is C14H14O4. The Bertz CT molecular complexity index is 539. The van der Waals surface area contributed by atoms with Crippen molar-refractivity contribution in [2.45, 2.75) is 13.0 Å². The molecule has 0 aliphatic rings. The summed E-state index contributed by atoms with van der Waals surface area (Å²) in [6.45, 7) is 1.88. The number of hydrogen-bond acceptors (Lipinski definition) is 3. The highest BCUT2D eigenvalue weighted by Gasteiger charge is 2.18. The standard InChI is InChI=1S/C14H14O4/c1-9-3-8-12(18-9)10-4-6-11(7-5-10)13(17-2)14(15)16/h3-8,13H,1-2H3,(H,15,16). The normalized spacial score (nSPS) is 12.3. The van der Waals surface area contributed by atoms with Crippen molar-refractivity contribution >= 4 is 5.97 Å². The molecule has 0 fully saturated rings. The van der Waals surface area contributed by atoms with Gasteiger partial charge in [0.1, 0.15) is 11.5 Å². The van der Waals surface area contributed by atoms with Crippen LogP contribution in [0.25, 0.3) is 11.3 Å². The van der Waals surface area contributed by atoms with Crippen LogP contribution in [-0.2, 0) is 9.53 Å². The fourth-order valence-electron chi connectivity index (χ4n) is 1.79. The molecule has 1 heterocycles. The Labute approximate surface area is 105 Å². The molecule has 1 aromatic carbocycles. The average molecular weight is 246 g/mol. The third kappa shape index (κ3) is 2.43. The fraction of sp³-hybridized carbons (Fsp3) is 0.214. The first kappa shape index (κ1) is 12.4. The molecule has 2 aromatic rings. The molecule has 0 aliphatic carbocycles. The lowest BCUT2D eigenvalue weighted by molar-refractivity contribution is -0.148. The van der Waals surface area contributed by atoms with E-state index in [9.17, 15) is 4.79 Å². The molecule has 0 bridgehead atoms. The second-order valence-corrected chi connectivity index (χ2v) is 3.99. The summed E-state index contributed by atoms with van der Waals surface area (Å²) < 4.78 is 10.4. The van der Waals surface area contributed by atoms with E-state index >= 15 is 0 Å². The quantitative estimate of drug-likeness (QED) is 0.900. The molecule has 0 aliphatic heterocycles. The predicted octanol–water partition coefficient (Wildman–Crippen LogP) is 3.03. The summed E-state index contributed by atoms with van der Waals surface area (Å²) in [5, 5.41) is 8.97. The van der Waals surface area contributed by atoms with Gasteiger partial charge in [0.2, 0.25) is 0 Å². The first-order valence-corrected chi connectivity index (χ1v) is 5.54. The molecule has 1 unspecified atom stereocenters. The average Bonchev–Trinajstić information content (AvgIpc) is 2.77. The number of ether oxygens (including phenoxy) is 1. The Kier molecular flexibility index (Phi) is 3.48. The van der Waals surface area contributed by atoms with E-state index in [1.165, 1.54) is 7.11 Å². The van der Waals surface area contributed by atoms with Crippen LogP contribution in [-0.4, -0.2) is 18.2 Å². The van der Waals surface area contributed by atoms with Crippen LogP contribution in [0.4, 0.5) is 0 Å². The van der Waals surface area contributed by atoms with Gasteiger partial charge in [-0.3, -0.25) is 0 Å². The van der Waals surface area contributed by atoms with E-state index in [0.29, 0.717) is 5.56 Å². The summed E-state index contributed by atoms with van der Waals surface area (Å²) in [5.41, 5.74) is 1.52. The number of carbonyl (C=O) groups is 1. The van der Waals surface area contributed by atoms with Crippen LogP contribution >= 0.6 is 0 Å². The van der Waals surface area contributed by atoms with E-state index in [1.807, 2.05) is 31.2 Å². The number of hydrogen-bond donors (Lipinski definition) is 1. The molecular weight excluding hydrogens is 232 g/mol. The molecule has 2 rings (SSSR count). The first-order valence-electron chi connectivity index (χ1n) is 5.54. The smallest absolute Gasteiger partial charge is 0.337 e. The molecule has 0 amide bonds. The molecule has 4 heteroatoms. The minimum absolute atomic E-state index is 0.608. The lowest BCUT2D eigenvalue weighted by Gasteiger charge is -2.10.